The topological polar surface area (TPSA) is 47.6 Å². The molecule has 1 heterocycles. The molecule has 2 atom stereocenters. The van der Waals surface area contributed by atoms with Crippen LogP contribution in [0.4, 0.5) is 0 Å². The molecule has 0 spiro atoms. The van der Waals surface area contributed by atoms with Crippen LogP contribution in [0, 0.1) is 6.92 Å². The smallest absolute Gasteiger partial charge is 0.118 e. The van der Waals surface area contributed by atoms with Crippen LogP contribution < -0.4 is 0 Å². The lowest BCUT2D eigenvalue weighted by atomic mass is 10.2. The van der Waals surface area contributed by atoms with Gasteiger partial charge in [-0.1, -0.05) is 26.2 Å². The van der Waals surface area contributed by atoms with E-state index in [-0.39, 0.29) is 6.10 Å². The van der Waals surface area contributed by atoms with E-state index in [0.29, 0.717) is 32.8 Å². The van der Waals surface area contributed by atoms with Crippen molar-refractivity contribution in [1.29, 1.82) is 0 Å². The lowest BCUT2D eigenvalue weighted by molar-refractivity contribution is -0.0738. The second-order valence-electron chi connectivity index (χ2n) is 4.76. The molecule has 4 nitrogen and oxygen atoms in total. The van der Waals surface area contributed by atoms with Crippen LogP contribution in [0.15, 0.2) is 0 Å². The van der Waals surface area contributed by atoms with Crippen molar-refractivity contribution in [3.63, 3.8) is 0 Å². The number of ether oxygens (including phenoxy) is 3. The first kappa shape index (κ1) is 15.9. The lowest BCUT2D eigenvalue weighted by Gasteiger charge is -2.20. The summed E-state index contributed by atoms with van der Waals surface area (Å²) >= 11 is 0. The molecule has 1 aliphatic heterocycles. The van der Waals surface area contributed by atoms with Gasteiger partial charge in [-0.2, -0.15) is 0 Å². The van der Waals surface area contributed by atoms with Crippen molar-refractivity contribution in [2.75, 3.05) is 33.0 Å². The Morgan fingerprint density at radius 2 is 1.83 bits per heavy atom. The molecule has 0 amide bonds. The monoisotopic (exact) mass is 258 g/mol. The molecule has 1 saturated heterocycles. The Morgan fingerprint density at radius 3 is 2.67 bits per heavy atom. The quantitative estimate of drug-likeness (QED) is 0.687. The molecule has 0 aromatic carbocycles. The summed E-state index contributed by atoms with van der Waals surface area (Å²) in [6.45, 7) is 6.56. The standard InChI is InChI=1S/C14H26O4/c1-2-3-4-5-8-18-14-7-10-16-11-13(15)6-9-17-12-14/h13-14H,1-12H2. The molecule has 0 bridgehead atoms. The zero-order valence-corrected chi connectivity index (χ0v) is 11.3. The summed E-state index contributed by atoms with van der Waals surface area (Å²) in [5.74, 6) is 0. The first-order valence-corrected chi connectivity index (χ1v) is 7.05. The van der Waals surface area contributed by atoms with Crippen LogP contribution >= 0.6 is 0 Å². The molecule has 2 radical (unpaired) electrons. The van der Waals surface area contributed by atoms with Crippen LogP contribution in [0.3, 0.4) is 0 Å². The van der Waals surface area contributed by atoms with Gasteiger partial charge in [0.15, 0.2) is 0 Å². The van der Waals surface area contributed by atoms with Crippen molar-refractivity contribution in [3.8, 4) is 0 Å². The van der Waals surface area contributed by atoms with Gasteiger partial charge in [-0.25, -0.2) is 5.11 Å². The van der Waals surface area contributed by atoms with Gasteiger partial charge in [0.1, 0.15) is 6.10 Å². The van der Waals surface area contributed by atoms with Crippen molar-refractivity contribution in [1.82, 2.24) is 0 Å². The Hall–Kier alpha value is -0.160. The van der Waals surface area contributed by atoms with Crippen molar-refractivity contribution in [2.45, 2.75) is 50.7 Å². The largest absolute Gasteiger partial charge is 0.379 e. The van der Waals surface area contributed by atoms with Crippen molar-refractivity contribution >= 4 is 0 Å². The van der Waals surface area contributed by atoms with Gasteiger partial charge in [0.25, 0.3) is 0 Å². The highest BCUT2D eigenvalue weighted by Crippen LogP contribution is 2.07. The summed E-state index contributed by atoms with van der Waals surface area (Å²) in [6.07, 6.45) is 5.20. The molecular formula is C14H26O4. The van der Waals surface area contributed by atoms with Crippen LogP contribution in [-0.2, 0) is 19.3 Å². The van der Waals surface area contributed by atoms with E-state index in [1.807, 2.05) is 0 Å². The van der Waals surface area contributed by atoms with E-state index in [1.54, 1.807) is 0 Å². The third kappa shape index (κ3) is 8.03. The molecule has 106 valence electrons. The Morgan fingerprint density at radius 1 is 1.06 bits per heavy atom. The number of hydrogen-bond acceptors (Lipinski definition) is 3. The van der Waals surface area contributed by atoms with Crippen LogP contribution in [0.5, 0.6) is 0 Å². The minimum atomic E-state index is -0.648. The van der Waals surface area contributed by atoms with E-state index >= 15 is 0 Å². The fourth-order valence-corrected chi connectivity index (χ4v) is 1.86. The minimum Gasteiger partial charge on any atom is -0.379 e. The maximum absolute atomic E-state index is 11.3. The third-order valence-electron chi connectivity index (χ3n) is 3.02. The Labute approximate surface area is 111 Å². The molecule has 0 aromatic rings. The molecule has 0 aliphatic carbocycles. The summed E-state index contributed by atoms with van der Waals surface area (Å²) < 4.78 is 16.6. The highest BCUT2D eigenvalue weighted by Gasteiger charge is 2.14. The molecule has 1 fully saturated rings. The van der Waals surface area contributed by atoms with Gasteiger partial charge in [0.05, 0.1) is 19.3 Å². The second kappa shape index (κ2) is 10.7. The summed E-state index contributed by atoms with van der Waals surface area (Å²) in [6, 6.07) is 0. The normalized spacial score (nSPS) is 27.0. The molecule has 4 heteroatoms. The molecule has 18 heavy (non-hydrogen) atoms. The molecule has 2 unspecified atom stereocenters. The highest BCUT2D eigenvalue weighted by molar-refractivity contribution is 4.61. The van der Waals surface area contributed by atoms with E-state index in [9.17, 15) is 5.11 Å². The van der Waals surface area contributed by atoms with Crippen molar-refractivity contribution in [3.05, 3.63) is 6.92 Å². The lowest BCUT2D eigenvalue weighted by Crippen LogP contribution is -2.27. The molecule has 0 aromatic heterocycles. The van der Waals surface area contributed by atoms with E-state index in [2.05, 4.69) is 6.92 Å². The number of hydrogen-bond donors (Lipinski definition) is 0. The fraction of sp³-hybridized carbons (Fsp3) is 0.929. The highest BCUT2D eigenvalue weighted by atomic mass is 16.5. The summed E-state index contributed by atoms with van der Waals surface area (Å²) in [5.41, 5.74) is 0. The van der Waals surface area contributed by atoms with Crippen LogP contribution in [0.2, 0.25) is 0 Å². The van der Waals surface area contributed by atoms with E-state index in [1.165, 1.54) is 12.8 Å². The van der Waals surface area contributed by atoms with Crippen molar-refractivity contribution < 1.29 is 19.3 Å². The van der Waals surface area contributed by atoms with Crippen LogP contribution in [0.25, 0.3) is 0 Å². The Kier molecular flexibility index (Phi) is 9.48. The average Bonchev–Trinajstić information content (AvgIpc) is 2.38. The van der Waals surface area contributed by atoms with E-state index < -0.39 is 6.10 Å². The molecular weight excluding hydrogens is 232 g/mol. The fourth-order valence-electron chi connectivity index (χ4n) is 1.86. The van der Waals surface area contributed by atoms with Crippen LogP contribution in [0.1, 0.15) is 38.5 Å². The Balaban J connectivity index is 2.10. The predicted octanol–water partition coefficient (Wildman–Crippen LogP) is 2.39. The van der Waals surface area contributed by atoms with Gasteiger partial charge in [0, 0.05) is 26.2 Å². The first-order valence-electron chi connectivity index (χ1n) is 7.05. The van der Waals surface area contributed by atoms with Gasteiger partial charge in [0.2, 0.25) is 0 Å². The van der Waals surface area contributed by atoms with Gasteiger partial charge in [-0.05, 0) is 12.8 Å². The summed E-state index contributed by atoms with van der Waals surface area (Å²) in [7, 11) is 0. The minimum absolute atomic E-state index is 0.105. The molecule has 0 N–H and O–H groups in total. The van der Waals surface area contributed by atoms with Gasteiger partial charge >= 0.3 is 0 Å². The average molecular weight is 258 g/mol. The number of rotatable bonds is 6. The maximum Gasteiger partial charge on any atom is 0.118 e. The van der Waals surface area contributed by atoms with E-state index in [0.717, 1.165) is 25.9 Å². The Bertz CT molecular complexity index is 175. The predicted molar refractivity (Wildman–Crippen MR) is 68.9 cm³/mol. The van der Waals surface area contributed by atoms with E-state index in [4.69, 9.17) is 14.2 Å². The van der Waals surface area contributed by atoms with Crippen LogP contribution in [-0.4, -0.2) is 45.2 Å². The second-order valence-corrected chi connectivity index (χ2v) is 4.76. The molecule has 0 saturated carbocycles. The molecule has 1 rings (SSSR count). The summed E-state index contributed by atoms with van der Waals surface area (Å²) in [4.78, 5) is 0. The van der Waals surface area contributed by atoms with Crippen molar-refractivity contribution in [2.24, 2.45) is 0 Å². The molecule has 1 aliphatic rings. The number of unbranched alkanes of at least 4 members (excludes halogenated alkanes) is 3. The first-order chi connectivity index (χ1) is 8.83. The summed E-state index contributed by atoms with van der Waals surface area (Å²) in [5, 5.41) is 11.3. The van der Waals surface area contributed by atoms with Gasteiger partial charge < -0.3 is 14.2 Å². The zero-order chi connectivity index (χ0) is 13.1. The zero-order valence-electron chi connectivity index (χ0n) is 11.3. The van der Waals surface area contributed by atoms with Gasteiger partial charge in [-0.15, -0.1) is 0 Å². The maximum atomic E-state index is 11.3. The van der Waals surface area contributed by atoms with Gasteiger partial charge in [-0.3, -0.25) is 0 Å². The SMILES string of the molecule is [CH2]CCCCCOC1CCOCC([O])CCOC1. The third-order valence-corrected chi connectivity index (χ3v) is 3.02.